The smallest absolute Gasteiger partial charge is 0.272 e. The molecule has 1 saturated heterocycles. The number of benzene rings is 1. The van der Waals surface area contributed by atoms with Gasteiger partial charge < -0.3 is 0 Å². The van der Waals surface area contributed by atoms with Crippen LogP contribution in [0.25, 0.3) is 0 Å². The maximum absolute atomic E-state index is 12.6. The Balaban J connectivity index is 2.11. The molecule has 0 saturated carbocycles. The molecule has 0 unspecified atom stereocenters. The molecule has 0 aromatic heterocycles. The summed E-state index contributed by atoms with van der Waals surface area (Å²) >= 11 is 0. The lowest BCUT2D eigenvalue weighted by Gasteiger charge is -2.15. The molecule has 29 heavy (non-hydrogen) atoms. The van der Waals surface area contributed by atoms with Gasteiger partial charge in [0.15, 0.2) is 0 Å². The predicted octanol–water partition coefficient (Wildman–Crippen LogP) is 4.47. The second-order valence-corrected chi connectivity index (χ2v) is 9.21. The third-order valence-electron chi connectivity index (χ3n) is 4.58. The van der Waals surface area contributed by atoms with Gasteiger partial charge in [-0.1, -0.05) is 17.2 Å². The van der Waals surface area contributed by atoms with Crippen molar-refractivity contribution < 1.29 is 13.3 Å². The largest absolute Gasteiger partial charge is 0.295 e. The van der Waals surface area contributed by atoms with Crippen LogP contribution < -0.4 is 5.43 Å². The second-order valence-electron chi connectivity index (χ2n) is 7.27. The Bertz CT molecular complexity index is 926. The molecule has 9 heteroatoms. The Labute approximate surface area is 172 Å². The maximum Gasteiger partial charge on any atom is 0.295 e. The van der Waals surface area contributed by atoms with E-state index in [-0.39, 0.29) is 16.3 Å². The van der Waals surface area contributed by atoms with Gasteiger partial charge in [0.05, 0.1) is 9.82 Å². The van der Waals surface area contributed by atoms with Crippen molar-refractivity contribution in [3.63, 3.8) is 0 Å². The van der Waals surface area contributed by atoms with Crippen LogP contribution in [-0.2, 0) is 10.0 Å². The Hall–Kier alpha value is -2.52. The van der Waals surface area contributed by atoms with Crippen molar-refractivity contribution in [1.29, 1.82) is 0 Å². The molecule has 0 atom stereocenters. The average molecular weight is 421 g/mol. The van der Waals surface area contributed by atoms with Gasteiger partial charge in [0, 0.05) is 25.4 Å². The first-order chi connectivity index (χ1) is 13.7. The fourth-order valence-corrected chi connectivity index (χ4v) is 4.48. The number of hydrogen-bond acceptors (Lipinski definition) is 6. The summed E-state index contributed by atoms with van der Waals surface area (Å²) in [6.45, 7) is 6.99. The molecule has 0 bridgehead atoms. The van der Waals surface area contributed by atoms with Crippen LogP contribution in [0.1, 0.15) is 46.5 Å². The SMILES string of the molecule is CC(C)=CCC/C(C)=C/C=N\Nc1ccc(S(=O)(=O)N2CCCC2)cc1[N+](=O)[O-]. The number of anilines is 1. The number of hydrogen-bond donors (Lipinski definition) is 1. The van der Waals surface area contributed by atoms with Crippen LogP contribution >= 0.6 is 0 Å². The van der Waals surface area contributed by atoms with E-state index in [0.29, 0.717) is 13.1 Å². The predicted molar refractivity (Wildman–Crippen MR) is 116 cm³/mol. The van der Waals surface area contributed by atoms with E-state index in [9.17, 15) is 18.5 Å². The van der Waals surface area contributed by atoms with Crippen LogP contribution in [0, 0.1) is 10.1 Å². The van der Waals surface area contributed by atoms with Crippen LogP contribution in [-0.4, -0.2) is 37.0 Å². The first-order valence-electron chi connectivity index (χ1n) is 9.58. The van der Waals surface area contributed by atoms with E-state index >= 15 is 0 Å². The molecule has 1 fully saturated rings. The second kappa shape index (κ2) is 10.3. The van der Waals surface area contributed by atoms with Crippen LogP contribution in [0.4, 0.5) is 11.4 Å². The molecule has 0 amide bonds. The highest BCUT2D eigenvalue weighted by Crippen LogP contribution is 2.30. The van der Waals surface area contributed by atoms with Crippen LogP contribution in [0.2, 0.25) is 0 Å². The van der Waals surface area contributed by atoms with Gasteiger partial charge in [-0.2, -0.15) is 9.41 Å². The van der Waals surface area contributed by atoms with Crippen molar-refractivity contribution in [2.75, 3.05) is 18.5 Å². The fourth-order valence-electron chi connectivity index (χ4n) is 2.94. The van der Waals surface area contributed by atoms with Gasteiger partial charge in [0.25, 0.3) is 5.69 Å². The zero-order chi connectivity index (χ0) is 21.4. The number of allylic oxidation sites excluding steroid dienone is 4. The quantitative estimate of drug-likeness (QED) is 0.275. The highest BCUT2D eigenvalue weighted by atomic mass is 32.2. The third kappa shape index (κ3) is 6.50. The summed E-state index contributed by atoms with van der Waals surface area (Å²) in [7, 11) is -3.71. The first-order valence-corrected chi connectivity index (χ1v) is 11.0. The number of nitrogens with one attached hydrogen (secondary N) is 1. The summed E-state index contributed by atoms with van der Waals surface area (Å²) in [4.78, 5) is 10.7. The lowest BCUT2D eigenvalue weighted by Crippen LogP contribution is -2.27. The van der Waals surface area contributed by atoms with Crippen molar-refractivity contribution in [3.05, 3.63) is 51.6 Å². The number of nitro groups is 1. The first kappa shape index (κ1) is 22.8. The van der Waals surface area contributed by atoms with Crippen molar-refractivity contribution in [2.24, 2.45) is 5.10 Å². The Morgan fingerprint density at radius 1 is 1.28 bits per heavy atom. The Morgan fingerprint density at radius 3 is 2.59 bits per heavy atom. The van der Waals surface area contributed by atoms with Gasteiger partial charge in [-0.3, -0.25) is 15.5 Å². The lowest BCUT2D eigenvalue weighted by atomic mass is 10.1. The number of sulfonamides is 1. The fraction of sp³-hybridized carbons (Fsp3) is 0.450. The van der Waals surface area contributed by atoms with Gasteiger partial charge in [0.1, 0.15) is 5.69 Å². The third-order valence-corrected chi connectivity index (χ3v) is 6.47. The zero-order valence-corrected chi connectivity index (χ0v) is 17.9. The van der Waals surface area contributed by atoms with Crippen molar-refractivity contribution in [1.82, 2.24) is 4.31 Å². The number of hydrazone groups is 1. The molecular weight excluding hydrogens is 392 g/mol. The van der Waals surface area contributed by atoms with Crippen LogP contribution in [0.3, 0.4) is 0 Å². The van der Waals surface area contributed by atoms with E-state index < -0.39 is 14.9 Å². The van der Waals surface area contributed by atoms with E-state index in [1.54, 1.807) is 0 Å². The Kier molecular flexibility index (Phi) is 8.10. The summed E-state index contributed by atoms with van der Waals surface area (Å²) in [5.74, 6) is 0. The normalized spacial score (nSPS) is 15.6. The van der Waals surface area contributed by atoms with Gasteiger partial charge >= 0.3 is 0 Å². The number of rotatable bonds is 9. The van der Waals surface area contributed by atoms with Gasteiger partial charge in [0.2, 0.25) is 10.0 Å². The summed E-state index contributed by atoms with van der Waals surface area (Å²) in [6.07, 6.45) is 8.99. The molecule has 0 spiro atoms. The molecule has 0 aliphatic carbocycles. The van der Waals surface area contributed by atoms with Crippen molar-refractivity contribution in [2.45, 2.75) is 51.3 Å². The minimum absolute atomic E-state index is 0.0735. The minimum atomic E-state index is -3.71. The summed E-state index contributed by atoms with van der Waals surface area (Å²) in [6, 6.07) is 3.84. The molecule has 1 aliphatic rings. The Morgan fingerprint density at radius 2 is 1.97 bits per heavy atom. The molecular formula is C20H28N4O4S. The lowest BCUT2D eigenvalue weighted by molar-refractivity contribution is -0.384. The molecule has 1 aromatic carbocycles. The van der Waals surface area contributed by atoms with E-state index in [2.05, 4.69) is 30.5 Å². The molecule has 0 radical (unpaired) electrons. The minimum Gasteiger partial charge on any atom is -0.272 e. The molecule has 1 heterocycles. The summed E-state index contributed by atoms with van der Waals surface area (Å²) < 4.78 is 26.6. The summed E-state index contributed by atoms with van der Waals surface area (Å²) in [5, 5.41) is 15.4. The highest BCUT2D eigenvalue weighted by molar-refractivity contribution is 7.89. The van der Waals surface area contributed by atoms with Crippen LogP contribution in [0.15, 0.2) is 51.5 Å². The molecule has 1 aromatic rings. The zero-order valence-electron chi connectivity index (χ0n) is 17.1. The standard InChI is InChI=1S/C20H28N4O4S/c1-16(2)7-6-8-17(3)11-12-21-22-19-10-9-18(15-20(19)24(25)26)29(27,28)23-13-4-5-14-23/h7,9-12,15,22H,4-6,8,13-14H2,1-3H3/b17-11+,21-12-. The molecule has 158 valence electrons. The van der Waals surface area contributed by atoms with Gasteiger partial charge in [-0.15, -0.1) is 0 Å². The molecule has 2 rings (SSSR count). The van der Waals surface area contributed by atoms with E-state index in [1.807, 2.05) is 13.0 Å². The molecule has 1 N–H and O–H groups in total. The van der Waals surface area contributed by atoms with E-state index in [0.717, 1.165) is 37.3 Å². The van der Waals surface area contributed by atoms with Gasteiger partial charge in [-0.25, -0.2) is 8.42 Å². The summed E-state index contributed by atoms with van der Waals surface area (Å²) in [5.41, 5.74) is 4.86. The van der Waals surface area contributed by atoms with Gasteiger partial charge in [-0.05, 0) is 64.7 Å². The van der Waals surface area contributed by atoms with E-state index in [4.69, 9.17) is 0 Å². The molecule has 8 nitrogen and oxygen atoms in total. The number of nitrogens with zero attached hydrogens (tertiary/aromatic N) is 3. The molecule has 1 aliphatic heterocycles. The topological polar surface area (TPSA) is 105 Å². The number of nitro benzene ring substituents is 1. The monoisotopic (exact) mass is 420 g/mol. The maximum atomic E-state index is 12.6. The van der Waals surface area contributed by atoms with Crippen molar-refractivity contribution in [3.8, 4) is 0 Å². The van der Waals surface area contributed by atoms with E-state index in [1.165, 1.54) is 28.2 Å². The average Bonchev–Trinajstić information content (AvgIpc) is 3.20. The van der Waals surface area contributed by atoms with Crippen LogP contribution in [0.5, 0.6) is 0 Å². The van der Waals surface area contributed by atoms with Crippen molar-refractivity contribution >= 4 is 27.6 Å². The highest BCUT2D eigenvalue weighted by Gasteiger charge is 2.29.